The number of thioether (sulfide) groups is 1. The summed E-state index contributed by atoms with van der Waals surface area (Å²) in [5.41, 5.74) is -0.144. The Hall–Kier alpha value is -0.870. The highest BCUT2D eigenvalue weighted by Gasteiger charge is 2.42. The Morgan fingerprint density at radius 3 is 2.68 bits per heavy atom. The summed E-state index contributed by atoms with van der Waals surface area (Å²) >= 11 is 1.47. The highest BCUT2D eigenvalue weighted by atomic mass is 32.2. The number of carbonyl (C=O) groups excluding carboxylic acids is 2. The number of methoxy groups -OCH3 is 1. The highest BCUT2D eigenvalue weighted by Crippen LogP contribution is 2.31. The van der Waals surface area contributed by atoms with Gasteiger partial charge in [0.25, 0.3) is 0 Å². The molecule has 0 aromatic heterocycles. The summed E-state index contributed by atoms with van der Waals surface area (Å²) in [7, 11) is 3.49. The van der Waals surface area contributed by atoms with Gasteiger partial charge in [0, 0.05) is 32.6 Å². The van der Waals surface area contributed by atoms with Crippen LogP contribution in [0.5, 0.6) is 0 Å². The van der Waals surface area contributed by atoms with E-state index in [0.717, 1.165) is 26.2 Å². The first-order valence-electron chi connectivity index (χ1n) is 7.53. The number of rotatable bonds is 2. The van der Waals surface area contributed by atoms with Gasteiger partial charge in [-0.15, -0.1) is 11.8 Å². The Morgan fingerprint density at radius 1 is 1.27 bits per heavy atom. The number of carbonyl (C=O) groups is 2. The molecule has 3 aliphatic heterocycles. The Bertz CT molecular complexity index is 443. The van der Waals surface area contributed by atoms with Crippen molar-refractivity contribution >= 4 is 23.6 Å². The molecule has 0 aromatic rings. The van der Waals surface area contributed by atoms with Crippen LogP contribution in [0.2, 0.25) is 0 Å². The van der Waals surface area contributed by atoms with Gasteiger partial charge in [-0.25, -0.2) is 10.0 Å². The molecule has 0 spiro atoms. The number of ether oxygens (including phenoxy) is 1. The number of amides is 1. The van der Waals surface area contributed by atoms with Crippen LogP contribution < -0.4 is 5.32 Å². The average molecular weight is 329 g/mol. The zero-order valence-electron chi connectivity index (χ0n) is 13.0. The second kappa shape index (κ2) is 6.71. The molecular formula is C13H23N5O3S. The maximum Gasteiger partial charge on any atom is 0.319 e. The smallest absolute Gasteiger partial charge is 0.319 e. The van der Waals surface area contributed by atoms with E-state index in [1.807, 2.05) is 4.90 Å². The first kappa shape index (κ1) is 16.0. The summed E-state index contributed by atoms with van der Waals surface area (Å²) < 4.78 is 4.76. The molecule has 3 heterocycles. The number of hydrazine groups is 1. The first-order valence-corrected chi connectivity index (χ1v) is 8.47. The summed E-state index contributed by atoms with van der Waals surface area (Å²) in [6.45, 7) is 5.30. The number of fused-ring (bicyclic) bond motifs is 1. The van der Waals surface area contributed by atoms with E-state index in [1.165, 1.54) is 18.9 Å². The lowest BCUT2D eigenvalue weighted by atomic mass is 10.2. The minimum absolute atomic E-state index is 0.00507. The number of hydrogen-bond donors (Lipinski definition) is 1. The molecule has 0 radical (unpaired) electrons. The molecule has 1 N–H and O–H groups in total. The average Bonchev–Trinajstić information content (AvgIpc) is 2.54. The Morgan fingerprint density at radius 2 is 2.00 bits per heavy atom. The van der Waals surface area contributed by atoms with Gasteiger partial charge in [-0.05, 0) is 7.05 Å². The third kappa shape index (κ3) is 3.23. The third-order valence-corrected chi connectivity index (χ3v) is 5.73. The maximum atomic E-state index is 12.4. The van der Waals surface area contributed by atoms with E-state index in [1.54, 1.807) is 0 Å². The molecule has 8 nitrogen and oxygen atoms in total. The van der Waals surface area contributed by atoms with Crippen molar-refractivity contribution in [3.8, 4) is 0 Å². The zero-order valence-corrected chi connectivity index (χ0v) is 13.8. The molecule has 3 rings (SSSR count). The summed E-state index contributed by atoms with van der Waals surface area (Å²) in [5, 5.41) is 7.43. The highest BCUT2D eigenvalue weighted by molar-refractivity contribution is 8.01. The van der Waals surface area contributed by atoms with Crippen molar-refractivity contribution in [2.24, 2.45) is 0 Å². The van der Waals surface area contributed by atoms with Crippen molar-refractivity contribution in [3.63, 3.8) is 0 Å². The molecule has 2 atom stereocenters. The number of nitrogens with zero attached hydrogens (tertiary/aromatic N) is 4. The van der Waals surface area contributed by atoms with Crippen LogP contribution in [-0.4, -0.2) is 96.1 Å². The largest absolute Gasteiger partial charge is 0.468 e. The SMILES string of the molecule is COC(=O)[C@@H]1CC(=O)N2CN(N3CCN(C)CC3)CN[C@H]2S1. The van der Waals surface area contributed by atoms with Crippen LogP contribution in [0.25, 0.3) is 0 Å². The standard InChI is InChI=1S/C13H23N5O3S/c1-15-3-5-16(6-4-15)17-8-14-13-18(9-17)11(19)7-10(22-13)12(20)21-2/h10,13-14H,3-9H2,1-2H3/t10-,13+/m0/s1. The van der Waals surface area contributed by atoms with Gasteiger partial charge in [-0.2, -0.15) is 0 Å². The van der Waals surface area contributed by atoms with E-state index < -0.39 is 5.25 Å². The van der Waals surface area contributed by atoms with Gasteiger partial charge in [0.2, 0.25) is 5.91 Å². The molecule has 9 heteroatoms. The van der Waals surface area contributed by atoms with Gasteiger partial charge in [0.05, 0.1) is 20.4 Å². The second-order valence-electron chi connectivity index (χ2n) is 5.83. The van der Waals surface area contributed by atoms with E-state index in [2.05, 4.69) is 27.3 Å². The predicted octanol–water partition coefficient (Wildman–Crippen LogP) is -1.24. The quantitative estimate of drug-likeness (QED) is 0.631. The molecular weight excluding hydrogens is 306 g/mol. The van der Waals surface area contributed by atoms with Crippen LogP contribution in [0, 0.1) is 0 Å². The molecule has 3 aliphatic rings. The molecule has 0 unspecified atom stereocenters. The van der Waals surface area contributed by atoms with Crippen molar-refractivity contribution in [3.05, 3.63) is 0 Å². The Labute approximate surface area is 134 Å². The van der Waals surface area contributed by atoms with E-state index in [-0.39, 0.29) is 23.8 Å². The predicted molar refractivity (Wildman–Crippen MR) is 82.4 cm³/mol. The number of likely N-dealkylation sites (N-methyl/N-ethyl adjacent to an activating group) is 1. The van der Waals surface area contributed by atoms with E-state index >= 15 is 0 Å². The van der Waals surface area contributed by atoms with Gasteiger partial charge in [0.1, 0.15) is 10.7 Å². The monoisotopic (exact) mass is 329 g/mol. The van der Waals surface area contributed by atoms with Crippen molar-refractivity contribution in [2.45, 2.75) is 17.2 Å². The van der Waals surface area contributed by atoms with Crippen LogP contribution in [-0.2, 0) is 14.3 Å². The summed E-state index contributed by atoms with van der Waals surface area (Å²) in [6, 6.07) is 0. The van der Waals surface area contributed by atoms with Crippen LogP contribution >= 0.6 is 11.8 Å². The van der Waals surface area contributed by atoms with E-state index in [9.17, 15) is 9.59 Å². The fraction of sp³-hybridized carbons (Fsp3) is 0.846. The summed E-state index contributed by atoms with van der Waals surface area (Å²) in [5.74, 6) is -0.313. The van der Waals surface area contributed by atoms with Crippen LogP contribution in [0.3, 0.4) is 0 Å². The molecule has 22 heavy (non-hydrogen) atoms. The van der Waals surface area contributed by atoms with Crippen molar-refractivity contribution in [1.82, 2.24) is 25.1 Å². The topological polar surface area (TPSA) is 68.4 Å². The molecule has 3 saturated heterocycles. The van der Waals surface area contributed by atoms with Crippen molar-refractivity contribution in [2.75, 3.05) is 53.7 Å². The Kier molecular flexibility index (Phi) is 4.88. The summed E-state index contributed by atoms with van der Waals surface area (Å²) in [6.07, 6.45) is 0.214. The molecule has 3 fully saturated rings. The van der Waals surface area contributed by atoms with E-state index in [0.29, 0.717) is 13.3 Å². The molecule has 124 valence electrons. The third-order valence-electron chi connectivity index (χ3n) is 4.36. The summed E-state index contributed by atoms with van der Waals surface area (Å²) in [4.78, 5) is 28.1. The van der Waals surface area contributed by atoms with Gasteiger partial charge in [0.15, 0.2) is 0 Å². The molecule has 0 bridgehead atoms. The number of piperazine rings is 1. The van der Waals surface area contributed by atoms with Crippen LogP contribution in [0.1, 0.15) is 6.42 Å². The Balaban J connectivity index is 1.60. The molecule has 0 aromatic carbocycles. The number of nitrogens with one attached hydrogen (secondary N) is 1. The molecule has 0 aliphatic carbocycles. The second-order valence-corrected chi connectivity index (χ2v) is 7.12. The maximum absolute atomic E-state index is 12.4. The van der Waals surface area contributed by atoms with Gasteiger partial charge < -0.3 is 14.5 Å². The fourth-order valence-electron chi connectivity index (χ4n) is 2.94. The lowest BCUT2D eigenvalue weighted by Gasteiger charge is -2.49. The molecule has 1 amide bonds. The van der Waals surface area contributed by atoms with Crippen molar-refractivity contribution < 1.29 is 14.3 Å². The van der Waals surface area contributed by atoms with Crippen molar-refractivity contribution in [1.29, 1.82) is 0 Å². The normalized spacial score (nSPS) is 31.9. The zero-order chi connectivity index (χ0) is 15.7. The minimum Gasteiger partial charge on any atom is -0.468 e. The van der Waals surface area contributed by atoms with Gasteiger partial charge in [-0.1, -0.05) is 0 Å². The minimum atomic E-state index is -0.401. The fourth-order valence-corrected chi connectivity index (χ4v) is 4.20. The molecule has 0 saturated carbocycles. The number of esters is 1. The van der Waals surface area contributed by atoms with Gasteiger partial charge >= 0.3 is 5.97 Å². The lowest BCUT2D eigenvalue weighted by molar-refractivity contribution is -0.156. The number of hydrogen-bond acceptors (Lipinski definition) is 8. The first-order chi connectivity index (χ1) is 10.6. The van der Waals surface area contributed by atoms with Crippen LogP contribution in [0.4, 0.5) is 0 Å². The lowest BCUT2D eigenvalue weighted by Crippen LogP contribution is -2.67. The van der Waals surface area contributed by atoms with E-state index in [4.69, 9.17) is 4.74 Å². The van der Waals surface area contributed by atoms with Crippen LogP contribution in [0.15, 0.2) is 0 Å². The van der Waals surface area contributed by atoms with Gasteiger partial charge in [-0.3, -0.25) is 14.9 Å².